The molecule has 3 aromatic carbocycles. The average molecular weight is 653 g/mol. The van der Waals surface area contributed by atoms with Crippen molar-refractivity contribution in [2.45, 2.75) is 67.8 Å². The number of rotatable bonds is 8. The van der Waals surface area contributed by atoms with E-state index >= 15 is 4.39 Å². The van der Waals surface area contributed by atoms with Crippen LogP contribution in [0.2, 0.25) is 0 Å². The van der Waals surface area contributed by atoms with Gasteiger partial charge >= 0.3 is 11.9 Å². The van der Waals surface area contributed by atoms with E-state index in [2.05, 4.69) is 23.1 Å². The van der Waals surface area contributed by atoms with Gasteiger partial charge in [-0.1, -0.05) is 48.5 Å². The average Bonchev–Trinajstić information content (AvgIpc) is 3.41. The van der Waals surface area contributed by atoms with Gasteiger partial charge in [0.2, 0.25) is 0 Å². The molecule has 0 bridgehead atoms. The molecule has 242 valence electrons. The number of fused-ring (bicyclic) bond motifs is 2. The van der Waals surface area contributed by atoms with Crippen LogP contribution in [0.25, 0.3) is 0 Å². The van der Waals surface area contributed by atoms with E-state index < -0.39 is 52.4 Å². The first-order chi connectivity index (χ1) is 22.0. The van der Waals surface area contributed by atoms with E-state index in [1.807, 2.05) is 18.4 Å². The molecule has 0 saturated carbocycles. The topological polar surface area (TPSA) is 73.3 Å². The van der Waals surface area contributed by atoms with Gasteiger partial charge in [-0.15, -0.1) is 11.8 Å². The number of nitrogens with two attached hydrogens (primary N) is 1. The van der Waals surface area contributed by atoms with Crippen molar-refractivity contribution in [1.82, 2.24) is 14.0 Å². The van der Waals surface area contributed by atoms with E-state index in [0.29, 0.717) is 42.5 Å². The largest absolute Gasteiger partial charge is 0.416 e. The third-order valence-electron chi connectivity index (χ3n) is 9.61. The van der Waals surface area contributed by atoms with Crippen LogP contribution in [0.15, 0.2) is 87.3 Å². The molecule has 1 aliphatic heterocycles. The second kappa shape index (κ2) is 12.8. The highest BCUT2D eigenvalue weighted by molar-refractivity contribution is 7.98. The number of hydrogen-bond donors (Lipinski definition) is 1. The Morgan fingerprint density at radius 1 is 0.913 bits per heavy atom. The maximum Gasteiger partial charge on any atom is 0.416 e. The quantitative estimate of drug-likeness (QED) is 0.184. The van der Waals surface area contributed by atoms with Gasteiger partial charge in [0, 0.05) is 39.7 Å². The summed E-state index contributed by atoms with van der Waals surface area (Å²) in [5, 5.41) is 0. The first-order valence-electron chi connectivity index (χ1n) is 15.4. The molecular formula is C35H36F4N4O2S. The Bertz CT molecular complexity index is 1850. The SMILES string of the molecule is CSc1cccc(CN2CCC3(CCc4c3c(=O)n(C[C@H](N)c3ccccc3)c(=O)n4Cc3c(F)cccc3C(F)(F)F)CC2)c1. The molecule has 11 heteroatoms. The molecule has 1 saturated heterocycles. The van der Waals surface area contributed by atoms with Crippen molar-refractivity contribution in [3.63, 3.8) is 0 Å². The molecule has 1 aromatic heterocycles. The molecule has 1 aliphatic carbocycles. The van der Waals surface area contributed by atoms with E-state index in [4.69, 9.17) is 5.73 Å². The lowest BCUT2D eigenvalue weighted by atomic mass is 9.74. The summed E-state index contributed by atoms with van der Waals surface area (Å²) in [7, 11) is 0. The van der Waals surface area contributed by atoms with Gasteiger partial charge in [0.1, 0.15) is 5.82 Å². The molecule has 2 aliphatic rings. The first-order valence-corrected chi connectivity index (χ1v) is 16.6. The smallest absolute Gasteiger partial charge is 0.322 e. The molecule has 2 heterocycles. The van der Waals surface area contributed by atoms with Gasteiger partial charge in [-0.3, -0.25) is 18.8 Å². The highest BCUT2D eigenvalue weighted by Crippen LogP contribution is 2.45. The Morgan fingerprint density at radius 2 is 1.63 bits per heavy atom. The van der Waals surface area contributed by atoms with Crippen LogP contribution in [0.5, 0.6) is 0 Å². The van der Waals surface area contributed by atoms with E-state index in [0.717, 1.165) is 42.4 Å². The predicted octanol–water partition coefficient (Wildman–Crippen LogP) is 6.12. The number of benzene rings is 3. The fourth-order valence-corrected chi connectivity index (χ4v) is 7.64. The lowest BCUT2D eigenvalue weighted by molar-refractivity contribution is -0.138. The number of hydrogen-bond acceptors (Lipinski definition) is 5. The van der Waals surface area contributed by atoms with Crippen LogP contribution in [-0.4, -0.2) is 33.4 Å². The highest BCUT2D eigenvalue weighted by Gasteiger charge is 2.46. The van der Waals surface area contributed by atoms with Crippen LogP contribution in [0, 0.1) is 5.82 Å². The summed E-state index contributed by atoms with van der Waals surface area (Å²) in [6.07, 6.45) is -0.530. The number of piperidine rings is 1. The Morgan fingerprint density at radius 3 is 2.33 bits per heavy atom. The maximum absolute atomic E-state index is 15.1. The van der Waals surface area contributed by atoms with Crippen LogP contribution < -0.4 is 17.0 Å². The van der Waals surface area contributed by atoms with Crippen molar-refractivity contribution in [3.05, 3.63) is 133 Å². The Balaban J connectivity index is 1.40. The molecule has 6 nitrogen and oxygen atoms in total. The van der Waals surface area contributed by atoms with Crippen molar-refractivity contribution in [3.8, 4) is 0 Å². The molecule has 2 N–H and O–H groups in total. The van der Waals surface area contributed by atoms with Crippen LogP contribution >= 0.6 is 11.8 Å². The summed E-state index contributed by atoms with van der Waals surface area (Å²) in [5.41, 5.74) is 5.70. The fourth-order valence-electron chi connectivity index (χ4n) is 7.15. The lowest BCUT2D eigenvalue weighted by Crippen LogP contribution is -2.49. The van der Waals surface area contributed by atoms with Gasteiger partial charge in [0.15, 0.2) is 0 Å². The number of nitrogens with zero attached hydrogens (tertiary/aromatic N) is 3. The monoisotopic (exact) mass is 652 g/mol. The minimum Gasteiger partial charge on any atom is -0.322 e. The second-order valence-corrected chi connectivity index (χ2v) is 13.2. The maximum atomic E-state index is 15.1. The van der Waals surface area contributed by atoms with E-state index in [1.165, 1.54) is 15.0 Å². The minimum atomic E-state index is -4.82. The molecule has 1 fully saturated rings. The lowest BCUT2D eigenvalue weighted by Gasteiger charge is -2.40. The van der Waals surface area contributed by atoms with Crippen LogP contribution in [0.1, 0.15) is 58.8 Å². The van der Waals surface area contributed by atoms with Gasteiger partial charge in [0.25, 0.3) is 5.56 Å². The van der Waals surface area contributed by atoms with Gasteiger partial charge in [-0.2, -0.15) is 13.2 Å². The highest BCUT2D eigenvalue weighted by atomic mass is 32.2. The molecule has 0 radical (unpaired) electrons. The summed E-state index contributed by atoms with van der Waals surface area (Å²) in [4.78, 5) is 31.8. The molecule has 0 amide bonds. The fraction of sp³-hybridized carbons (Fsp3) is 0.371. The Labute approximate surface area is 268 Å². The number of likely N-dealkylation sites (tertiary alicyclic amines) is 1. The number of alkyl halides is 3. The Hall–Kier alpha value is -3.67. The second-order valence-electron chi connectivity index (χ2n) is 12.3. The van der Waals surface area contributed by atoms with E-state index in [9.17, 15) is 22.8 Å². The number of aromatic nitrogens is 2. The predicted molar refractivity (Wildman–Crippen MR) is 172 cm³/mol. The van der Waals surface area contributed by atoms with E-state index in [1.54, 1.807) is 36.0 Å². The van der Waals surface area contributed by atoms with Crippen LogP contribution in [0.3, 0.4) is 0 Å². The zero-order valence-corrected chi connectivity index (χ0v) is 26.3. The number of halogens is 4. The summed E-state index contributed by atoms with van der Waals surface area (Å²) >= 11 is 1.69. The third kappa shape index (κ3) is 6.20. The molecule has 1 spiro atoms. The van der Waals surface area contributed by atoms with Crippen LogP contribution in [-0.2, 0) is 37.6 Å². The zero-order valence-electron chi connectivity index (χ0n) is 25.5. The zero-order chi connectivity index (χ0) is 32.6. The standard InChI is InChI=1S/C35H36F4N4O2S/c1-46-25-10-5-7-23(19-25)20-41-17-15-34(16-18-41)14-13-30-31(34)32(44)43(22-29(40)24-8-3-2-4-9-24)33(45)42(30)21-26-27(35(37,38)39)11-6-12-28(26)36/h2-12,19,29H,13-18,20-22,40H2,1H3/t29-/m0/s1. The van der Waals surface area contributed by atoms with Crippen molar-refractivity contribution in [1.29, 1.82) is 0 Å². The van der Waals surface area contributed by atoms with Crippen LogP contribution in [0.4, 0.5) is 17.6 Å². The molecule has 0 unspecified atom stereocenters. The first kappa shape index (κ1) is 32.3. The van der Waals surface area contributed by atoms with Gasteiger partial charge in [-0.05, 0) is 80.4 Å². The molecule has 1 atom stereocenters. The molecule has 6 rings (SSSR count). The third-order valence-corrected chi connectivity index (χ3v) is 10.3. The normalized spacial score (nSPS) is 16.9. The van der Waals surface area contributed by atoms with Crippen molar-refractivity contribution in [2.75, 3.05) is 19.3 Å². The van der Waals surface area contributed by atoms with Crippen molar-refractivity contribution < 1.29 is 17.6 Å². The Kier molecular flexibility index (Phi) is 9.02. The summed E-state index contributed by atoms with van der Waals surface area (Å²) in [6, 6.07) is 19.5. The molecule has 46 heavy (non-hydrogen) atoms. The van der Waals surface area contributed by atoms with Gasteiger partial charge in [0.05, 0.1) is 18.7 Å². The molecular weight excluding hydrogens is 616 g/mol. The van der Waals surface area contributed by atoms with Gasteiger partial charge < -0.3 is 5.73 Å². The van der Waals surface area contributed by atoms with Crippen molar-refractivity contribution in [2.24, 2.45) is 5.73 Å². The summed E-state index contributed by atoms with van der Waals surface area (Å²) in [6.45, 7) is 1.40. The van der Waals surface area contributed by atoms with Gasteiger partial charge in [-0.25, -0.2) is 9.18 Å². The number of thioether (sulfide) groups is 1. The molecule has 4 aromatic rings. The summed E-state index contributed by atoms with van der Waals surface area (Å²) < 4.78 is 59.3. The van der Waals surface area contributed by atoms with E-state index in [-0.39, 0.29) is 6.54 Å². The summed E-state index contributed by atoms with van der Waals surface area (Å²) in [5.74, 6) is -1.05. The minimum absolute atomic E-state index is 0.160. The van der Waals surface area contributed by atoms with Crippen molar-refractivity contribution >= 4 is 11.8 Å².